The molecule has 0 saturated heterocycles. The Bertz CT molecular complexity index is 902. The van der Waals surface area contributed by atoms with Gasteiger partial charge in [0.2, 0.25) is 5.78 Å². The van der Waals surface area contributed by atoms with Crippen molar-refractivity contribution in [3.8, 4) is 5.75 Å². The molecule has 1 aromatic carbocycles. The first kappa shape index (κ1) is 21.5. The summed E-state index contributed by atoms with van der Waals surface area (Å²) >= 11 is 5.94. The first-order valence-corrected chi connectivity index (χ1v) is 9.06. The second-order valence-corrected chi connectivity index (χ2v) is 6.54. The summed E-state index contributed by atoms with van der Waals surface area (Å²) in [5.41, 5.74) is 2.17. The highest BCUT2D eigenvalue weighted by molar-refractivity contribution is 6.31. The third kappa shape index (κ3) is 5.13. The van der Waals surface area contributed by atoms with Crippen molar-refractivity contribution < 1.29 is 28.6 Å². The van der Waals surface area contributed by atoms with Crippen molar-refractivity contribution in [3.05, 3.63) is 51.3 Å². The van der Waals surface area contributed by atoms with Crippen LogP contribution in [0, 0.1) is 20.8 Å². The second kappa shape index (κ2) is 9.41. The lowest BCUT2D eigenvalue weighted by atomic mass is 10.1. The lowest BCUT2D eigenvalue weighted by molar-refractivity contribution is -0.144. The Morgan fingerprint density at radius 1 is 1.00 bits per heavy atom. The quantitative estimate of drug-likeness (QED) is 0.531. The van der Waals surface area contributed by atoms with E-state index in [2.05, 4.69) is 4.98 Å². The Labute approximate surface area is 167 Å². The predicted octanol–water partition coefficient (Wildman–Crippen LogP) is 3.57. The molecule has 0 aliphatic rings. The molecule has 0 saturated carbocycles. The Hall–Kier alpha value is -2.80. The summed E-state index contributed by atoms with van der Waals surface area (Å²) in [6, 6.07) is 4.98. The van der Waals surface area contributed by atoms with Crippen LogP contribution < -0.4 is 4.74 Å². The number of ketones is 1. The fraction of sp³-hybridized carbons (Fsp3) is 0.350. The van der Waals surface area contributed by atoms with Gasteiger partial charge < -0.3 is 19.2 Å². The van der Waals surface area contributed by atoms with E-state index in [9.17, 15) is 14.4 Å². The number of ether oxygens (including phenoxy) is 3. The lowest BCUT2D eigenvalue weighted by Crippen LogP contribution is -2.21. The van der Waals surface area contributed by atoms with Gasteiger partial charge >= 0.3 is 11.9 Å². The van der Waals surface area contributed by atoms with Crippen molar-refractivity contribution in [2.75, 3.05) is 19.8 Å². The highest BCUT2D eigenvalue weighted by Gasteiger charge is 2.26. The molecule has 150 valence electrons. The lowest BCUT2D eigenvalue weighted by Gasteiger charge is -2.09. The summed E-state index contributed by atoms with van der Waals surface area (Å²) in [4.78, 5) is 39.5. The summed E-state index contributed by atoms with van der Waals surface area (Å²) in [5, 5.41) is 0.593. The molecular formula is C20H22ClNO6. The van der Waals surface area contributed by atoms with Crippen molar-refractivity contribution in [1.29, 1.82) is 0 Å². The number of nitrogens with one attached hydrogen (secondary N) is 1. The summed E-state index contributed by atoms with van der Waals surface area (Å²) in [5.74, 6) is -1.34. The monoisotopic (exact) mass is 407 g/mol. The Balaban J connectivity index is 1.97. The largest absolute Gasteiger partial charge is 0.482 e. The molecule has 1 N–H and O–H groups in total. The van der Waals surface area contributed by atoms with E-state index >= 15 is 0 Å². The molecule has 7 nitrogen and oxygen atoms in total. The van der Waals surface area contributed by atoms with Gasteiger partial charge in [0.25, 0.3) is 0 Å². The molecule has 1 aromatic heterocycles. The van der Waals surface area contributed by atoms with Crippen LogP contribution in [0.5, 0.6) is 5.75 Å². The Morgan fingerprint density at radius 3 is 2.32 bits per heavy atom. The van der Waals surface area contributed by atoms with E-state index in [-0.39, 0.29) is 24.3 Å². The summed E-state index contributed by atoms with van der Waals surface area (Å²) in [6.07, 6.45) is 0. The molecule has 0 amide bonds. The molecule has 0 unspecified atom stereocenters. The third-order valence-electron chi connectivity index (χ3n) is 3.98. The molecule has 0 aliphatic carbocycles. The average molecular weight is 408 g/mol. The number of carbonyl (C=O) groups excluding carboxylic acids is 3. The molecule has 1 heterocycles. The van der Waals surface area contributed by atoms with Crippen LogP contribution in [0.2, 0.25) is 5.02 Å². The van der Waals surface area contributed by atoms with Gasteiger partial charge in [-0.2, -0.15) is 0 Å². The number of Topliss-reactive ketones (excluding diaryl/α,β-unsaturated/α-hetero) is 1. The average Bonchev–Trinajstić information content (AvgIpc) is 2.95. The fourth-order valence-corrected chi connectivity index (χ4v) is 2.81. The van der Waals surface area contributed by atoms with E-state index in [4.69, 9.17) is 25.8 Å². The summed E-state index contributed by atoms with van der Waals surface area (Å²) < 4.78 is 15.3. The molecule has 0 aliphatic heterocycles. The van der Waals surface area contributed by atoms with E-state index in [0.717, 1.165) is 5.56 Å². The fourth-order valence-electron chi connectivity index (χ4n) is 2.70. The number of H-pyrrole nitrogens is 1. The highest BCUT2D eigenvalue weighted by atomic mass is 35.5. The van der Waals surface area contributed by atoms with E-state index in [1.54, 1.807) is 39.0 Å². The minimum Gasteiger partial charge on any atom is -0.482 e. The molecule has 0 atom stereocenters. The van der Waals surface area contributed by atoms with Gasteiger partial charge in [0, 0.05) is 16.4 Å². The van der Waals surface area contributed by atoms with Gasteiger partial charge in [0.15, 0.2) is 13.2 Å². The summed E-state index contributed by atoms with van der Waals surface area (Å²) in [7, 11) is 0. The van der Waals surface area contributed by atoms with E-state index in [0.29, 0.717) is 22.2 Å². The zero-order valence-electron chi connectivity index (χ0n) is 16.2. The number of halogens is 1. The number of hydrogen-bond donors (Lipinski definition) is 1. The number of carbonyl (C=O) groups is 3. The minimum absolute atomic E-state index is 0.160. The molecular weight excluding hydrogens is 386 g/mol. The van der Waals surface area contributed by atoms with Crippen molar-refractivity contribution in [2.45, 2.75) is 27.7 Å². The van der Waals surface area contributed by atoms with Crippen LogP contribution in [0.1, 0.15) is 44.6 Å². The van der Waals surface area contributed by atoms with Crippen molar-refractivity contribution in [3.63, 3.8) is 0 Å². The standard InChI is InChI=1S/C20H22ClNO6/c1-5-26-20(25)19-13(4)22-12(3)18(19)16(23)9-28-17(24)10-27-14-6-7-15(21)11(2)8-14/h6-8,22H,5,9-10H2,1-4H3. The molecule has 0 bridgehead atoms. The maximum atomic E-state index is 12.5. The van der Waals surface area contributed by atoms with E-state index < -0.39 is 24.3 Å². The molecule has 2 aromatic rings. The topological polar surface area (TPSA) is 94.7 Å². The van der Waals surface area contributed by atoms with Crippen molar-refractivity contribution >= 4 is 29.3 Å². The molecule has 2 rings (SSSR count). The summed E-state index contributed by atoms with van der Waals surface area (Å²) in [6.45, 7) is 6.15. The molecule has 28 heavy (non-hydrogen) atoms. The molecule has 8 heteroatoms. The number of aromatic nitrogens is 1. The zero-order chi connectivity index (χ0) is 20.8. The van der Waals surface area contributed by atoms with Crippen LogP contribution in [0.25, 0.3) is 0 Å². The van der Waals surface area contributed by atoms with Gasteiger partial charge in [-0.1, -0.05) is 11.6 Å². The first-order chi connectivity index (χ1) is 13.2. The number of hydrogen-bond acceptors (Lipinski definition) is 6. The van der Waals surface area contributed by atoms with Crippen LogP contribution in [-0.2, 0) is 14.3 Å². The number of esters is 2. The second-order valence-electron chi connectivity index (χ2n) is 6.13. The SMILES string of the molecule is CCOC(=O)c1c(C)[nH]c(C)c1C(=O)COC(=O)COc1ccc(Cl)c(C)c1. The minimum atomic E-state index is -0.705. The van der Waals surface area contributed by atoms with Crippen LogP contribution >= 0.6 is 11.6 Å². The zero-order valence-corrected chi connectivity index (χ0v) is 16.9. The third-order valence-corrected chi connectivity index (χ3v) is 4.41. The van der Waals surface area contributed by atoms with Gasteiger partial charge in [-0.05, 0) is 51.5 Å². The number of rotatable bonds is 8. The highest BCUT2D eigenvalue weighted by Crippen LogP contribution is 2.22. The van der Waals surface area contributed by atoms with Gasteiger partial charge in [0.05, 0.1) is 17.7 Å². The normalized spacial score (nSPS) is 10.5. The first-order valence-electron chi connectivity index (χ1n) is 8.68. The van der Waals surface area contributed by atoms with Crippen LogP contribution in [0.3, 0.4) is 0 Å². The van der Waals surface area contributed by atoms with Crippen molar-refractivity contribution in [1.82, 2.24) is 4.98 Å². The molecule has 0 radical (unpaired) electrons. The molecule has 0 fully saturated rings. The maximum absolute atomic E-state index is 12.5. The Morgan fingerprint density at radius 2 is 1.68 bits per heavy atom. The van der Waals surface area contributed by atoms with Gasteiger partial charge in [-0.25, -0.2) is 9.59 Å². The van der Waals surface area contributed by atoms with Crippen LogP contribution in [-0.4, -0.2) is 42.5 Å². The number of aromatic amines is 1. The van der Waals surface area contributed by atoms with Crippen LogP contribution in [0.15, 0.2) is 18.2 Å². The van der Waals surface area contributed by atoms with E-state index in [1.165, 1.54) is 0 Å². The van der Waals surface area contributed by atoms with Gasteiger partial charge in [-0.3, -0.25) is 4.79 Å². The molecule has 0 spiro atoms. The number of aryl methyl sites for hydroxylation is 3. The Kier molecular flexibility index (Phi) is 7.23. The number of benzene rings is 1. The maximum Gasteiger partial charge on any atom is 0.344 e. The predicted molar refractivity (Wildman–Crippen MR) is 103 cm³/mol. The van der Waals surface area contributed by atoms with Crippen molar-refractivity contribution in [2.24, 2.45) is 0 Å². The van der Waals surface area contributed by atoms with E-state index in [1.807, 2.05) is 6.92 Å². The smallest absolute Gasteiger partial charge is 0.344 e. The van der Waals surface area contributed by atoms with Crippen LogP contribution in [0.4, 0.5) is 0 Å². The van der Waals surface area contributed by atoms with Gasteiger partial charge in [-0.15, -0.1) is 0 Å². The van der Waals surface area contributed by atoms with Gasteiger partial charge in [0.1, 0.15) is 5.75 Å².